The van der Waals surface area contributed by atoms with Gasteiger partial charge in [-0.15, -0.1) is 0 Å². The summed E-state index contributed by atoms with van der Waals surface area (Å²) in [7, 11) is 0. The predicted octanol–water partition coefficient (Wildman–Crippen LogP) is 2.85. The lowest BCUT2D eigenvalue weighted by Crippen LogP contribution is -2.19. The summed E-state index contributed by atoms with van der Waals surface area (Å²) in [5.41, 5.74) is 0. The minimum Gasteiger partial charge on any atom is -0.337 e. The summed E-state index contributed by atoms with van der Waals surface area (Å²) < 4.78 is 7.13. The quantitative estimate of drug-likeness (QED) is 0.851. The van der Waals surface area contributed by atoms with Crippen LogP contribution in [0.2, 0.25) is 0 Å². The molecule has 1 saturated carbocycles. The normalized spacial score (nSPS) is 27.6. The summed E-state index contributed by atoms with van der Waals surface area (Å²) in [5.74, 6) is 3.47. The van der Waals surface area contributed by atoms with Gasteiger partial charge in [0.15, 0.2) is 5.82 Å². The van der Waals surface area contributed by atoms with E-state index >= 15 is 0 Å². The number of nitrogens with zero attached hydrogens (tertiary/aromatic N) is 4. The van der Waals surface area contributed by atoms with E-state index in [1.54, 1.807) is 10.9 Å². The van der Waals surface area contributed by atoms with Crippen LogP contribution in [0.25, 0.3) is 0 Å². The molecule has 2 heterocycles. The summed E-state index contributed by atoms with van der Waals surface area (Å²) >= 11 is 0. The number of rotatable bonds is 3. The third kappa shape index (κ3) is 2.85. The zero-order valence-electron chi connectivity index (χ0n) is 11.5. The minimum absolute atomic E-state index is 0.453. The number of hydrogen-bond acceptors (Lipinski definition) is 4. The van der Waals surface area contributed by atoms with Crippen LogP contribution in [0.15, 0.2) is 23.0 Å². The average molecular weight is 260 g/mol. The van der Waals surface area contributed by atoms with E-state index in [9.17, 15) is 0 Å². The lowest BCUT2D eigenvalue weighted by molar-refractivity contribution is 0.257. The Labute approximate surface area is 113 Å². The van der Waals surface area contributed by atoms with Crippen LogP contribution >= 0.6 is 0 Å². The van der Waals surface area contributed by atoms with Crippen LogP contribution in [0, 0.1) is 11.8 Å². The van der Waals surface area contributed by atoms with Gasteiger partial charge in [-0.05, 0) is 37.2 Å². The molecular weight excluding hydrogens is 240 g/mol. The van der Waals surface area contributed by atoms with Gasteiger partial charge in [-0.1, -0.05) is 19.0 Å². The van der Waals surface area contributed by atoms with Crippen molar-refractivity contribution < 1.29 is 4.52 Å². The van der Waals surface area contributed by atoms with Crippen molar-refractivity contribution in [2.75, 3.05) is 0 Å². The standard InChI is InChI=1S/C14H20N4O/c1-10-6-11(2)8-12(7-10)14-16-13(19-17-14)9-18-5-3-4-15-18/h3-5,10-12H,6-9H2,1-2H3/t10-,11-/m0/s1. The van der Waals surface area contributed by atoms with Crippen LogP contribution < -0.4 is 0 Å². The van der Waals surface area contributed by atoms with Crippen LogP contribution in [-0.2, 0) is 6.54 Å². The Morgan fingerprint density at radius 1 is 1.26 bits per heavy atom. The van der Waals surface area contributed by atoms with Crippen molar-refractivity contribution in [1.82, 2.24) is 19.9 Å². The number of aromatic nitrogens is 4. The molecular formula is C14H20N4O. The van der Waals surface area contributed by atoms with Crippen molar-refractivity contribution in [1.29, 1.82) is 0 Å². The molecule has 2 aromatic rings. The fraction of sp³-hybridized carbons (Fsp3) is 0.643. The first-order valence-corrected chi connectivity index (χ1v) is 7.00. The Morgan fingerprint density at radius 3 is 2.74 bits per heavy atom. The van der Waals surface area contributed by atoms with E-state index in [0.717, 1.165) is 17.7 Å². The summed E-state index contributed by atoms with van der Waals surface area (Å²) in [6.45, 7) is 5.18. The molecule has 0 unspecified atom stereocenters. The fourth-order valence-electron chi connectivity index (χ4n) is 3.19. The van der Waals surface area contributed by atoms with Crippen LogP contribution in [0.1, 0.15) is 50.7 Å². The molecule has 2 aromatic heterocycles. The highest BCUT2D eigenvalue weighted by atomic mass is 16.5. The van der Waals surface area contributed by atoms with E-state index in [2.05, 4.69) is 29.1 Å². The Kier molecular flexibility index (Phi) is 3.36. The Hall–Kier alpha value is -1.65. The molecule has 0 aliphatic heterocycles. The van der Waals surface area contributed by atoms with Crippen LogP contribution in [-0.4, -0.2) is 19.9 Å². The van der Waals surface area contributed by atoms with Gasteiger partial charge in [0.2, 0.25) is 5.89 Å². The van der Waals surface area contributed by atoms with Crippen LogP contribution in [0.4, 0.5) is 0 Å². The average Bonchev–Trinajstić information content (AvgIpc) is 2.99. The molecule has 0 spiro atoms. The van der Waals surface area contributed by atoms with Gasteiger partial charge in [-0.3, -0.25) is 4.68 Å². The highest BCUT2D eigenvalue weighted by molar-refractivity contribution is 4.99. The monoisotopic (exact) mass is 260 g/mol. The van der Waals surface area contributed by atoms with E-state index in [-0.39, 0.29) is 0 Å². The van der Waals surface area contributed by atoms with Crippen molar-refractivity contribution in [3.8, 4) is 0 Å². The van der Waals surface area contributed by atoms with Gasteiger partial charge >= 0.3 is 0 Å². The number of hydrogen-bond donors (Lipinski definition) is 0. The molecule has 0 N–H and O–H groups in total. The smallest absolute Gasteiger partial charge is 0.248 e. The SMILES string of the molecule is C[C@@H]1CC(c2noc(Cn3cccn3)n2)C[C@@H](C)C1. The molecule has 2 atom stereocenters. The molecule has 102 valence electrons. The van der Waals surface area contributed by atoms with E-state index in [1.165, 1.54) is 19.3 Å². The Balaban J connectivity index is 1.70. The molecule has 0 radical (unpaired) electrons. The fourth-order valence-corrected chi connectivity index (χ4v) is 3.19. The lowest BCUT2D eigenvalue weighted by atomic mass is 9.76. The summed E-state index contributed by atoms with van der Waals surface area (Å²) in [4.78, 5) is 4.54. The van der Waals surface area contributed by atoms with Gasteiger partial charge in [0.1, 0.15) is 6.54 Å². The second-order valence-electron chi connectivity index (χ2n) is 5.86. The zero-order chi connectivity index (χ0) is 13.2. The summed E-state index contributed by atoms with van der Waals surface area (Å²) in [5, 5.41) is 8.31. The van der Waals surface area contributed by atoms with E-state index in [0.29, 0.717) is 18.4 Å². The highest BCUT2D eigenvalue weighted by Gasteiger charge is 2.28. The van der Waals surface area contributed by atoms with E-state index in [4.69, 9.17) is 4.52 Å². The highest BCUT2D eigenvalue weighted by Crippen LogP contribution is 2.37. The van der Waals surface area contributed by atoms with Gasteiger partial charge in [-0.2, -0.15) is 10.1 Å². The van der Waals surface area contributed by atoms with Crippen molar-refractivity contribution in [2.24, 2.45) is 11.8 Å². The first kappa shape index (κ1) is 12.4. The minimum atomic E-state index is 0.453. The molecule has 1 fully saturated rings. The first-order chi connectivity index (χ1) is 9.20. The Bertz CT molecular complexity index is 509. The molecule has 0 bridgehead atoms. The van der Waals surface area contributed by atoms with E-state index in [1.807, 2.05) is 12.3 Å². The second-order valence-corrected chi connectivity index (χ2v) is 5.86. The maximum atomic E-state index is 5.34. The van der Waals surface area contributed by atoms with Gasteiger partial charge < -0.3 is 4.52 Å². The second kappa shape index (κ2) is 5.15. The van der Waals surface area contributed by atoms with Crippen molar-refractivity contribution in [3.63, 3.8) is 0 Å². The maximum absolute atomic E-state index is 5.34. The molecule has 1 aliphatic rings. The summed E-state index contributed by atoms with van der Waals surface area (Å²) in [6.07, 6.45) is 7.31. The zero-order valence-corrected chi connectivity index (χ0v) is 11.5. The van der Waals surface area contributed by atoms with Crippen molar-refractivity contribution in [2.45, 2.75) is 45.6 Å². The maximum Gasteiger partial charge on any atom is 0.248 e. The van der Waals surface area contributed by atoms with Gasteiger partial charge in [0.25, 0.3) is 0 Å². The van der Waals surface area contributed by atoms with Gasteiger partial charge in [0.05, 0.1) is 0 Å². The summed E-state index contributed by atoms with van der Waals surface area (Å²) in [6, 6.07) is 1.89. The molecule has 3 rings (SSSR count). The molecule has 1 aliphatic carbocycles. The third-order valence-electron chi connectivity index (χ3n) is 3.88. The molecule has 5 nitrogen and oxygen atoms in total. The van der Waals surface area contributed by atoms with Crippen molar-refractivity contribution >= 4 is 0 Å². The van der Waals surface area contributed by atoms with E-state index < -0.39 is 0 Å². The molecule has 19 heavy (non-hydrogen) atoms. The largest absolute Gasteiger partial charge is 0.337 e. The van der Waals surface area contributed by atoms with Gasteiger partial charge in [-0.25, -0.2) is 0 Å². The van der Waals surface area contributed by atoms with Crippen LogP contribution in [0.3, 0.4) is 0 Å². The Morgan fingerprint density at radius 2 is 2.05 bits per heavy atom. The molecule has 0 aromatic carbocycles. The van der Waals surface area contributed by atoms with Gasteiger partial charge in [0, 0.05) is 18.3 Å². The topological polar surface area (TPSA) is 56.7 Å². The molecule has 5 heteroatoms. The molecule has 0 amide bonds. The predicted molar refractivity (Wildman–Crippen MR) is 70.5 cm³/mol. The first-order valence-electron chi connectivity index (χ1n) is 7.00. The molecule has 0 saturated heterocycles. The third-order valence-corrected chi connectivity index (χ3v) is 3.88. The lowest BCUT2D eigenvalue weighted by Gasteiger charge is -2.29. The van der Waals surface area contributed by atoms with Crippen molar-refractivity contribution in [3.05, 3.63) is 30.2 Å². The van der Waals surface area contributed by atoms with Crippen LogP contribution in [0.5, 0.6) is 0 Å².